The van der Waals surface area contributed by atoms with E-state index in [0.29, 0.717) is 24.9 Å². The number of hydrogen-bond donors (Lipinski definition) is 0. The Bertz CT molecular complexity index is 344. The van der Waals surface area contributed by atoms with E-state index in [0.717, 1.165) is 25.7 Å². The van der Waals surface area contributed by atoms with Gasteiger partial charge in [0.05, 0.1) is 19.8 Å². The summed E-state index contributed by atoms with van der Waals surface area (Å²) < 4.78 is 17.3. The highest BCUT2D eigenvalue weighted by Gasteiger charge is 2.54. The van der Waals surface area contributed by atoms with Gasteiger partial charge in [0.25, 0.3) is 0 Å². The van der Waals surface area contributed by atoms with Gasteiger partial charge in [-0.3, -0.25) is 4.79 Å². The molecule has 0 radical (unpaired) electrons. The number of carbonyl (C=O) groups is 1. The number of unbranched alkanes of at least 4 members (excludes halogenated alkanes) is 2. The summed E-state index contributed by atoms with van der Waals surface area (Å²) in [4.78, 5) is 11.7. The third-order valence-corrected chi connectivity index (χ3v) is 5.11. The fourth-order valence-corrected chi connectivity index (χ4v) is 3.85. The van der Waals surface area contributed by atoms with Crippen molar-refractivity contribution in [1.29, 1.82) is 0 Å². The quantitative estimate of drug-likeness (QED) is 0.531. The minimum atomic E-state index is -0.424. The van der Waals surface area contributed by atoms with Gasteiger partial charge in [0.1, 0.15) is 0 Å². The van der Waals surface area contributed by atoms with E-state index in [1.807, 2.05) is 0 Å². The molecule has 1 heterocycles. The summed E-state index contributed by atoms with van der Waals surface area (Å²) in [5.74, 6) is 0.139. The van der Waals surface area contributed by atoms with Crippen molar-refractivity contribution < 1.29 is 19.0 Å². The summed E-state index contributed by atoms with van der Waals surface area (Å²) in [5.41, 5.74) is 0. The summed E-state index contributed by atoms with van der Waals surface area (Å²) >= 11 is 0. The van der Waals surface area contributed by atoms with E-state index in [-0.39, 0.29) is 12.1 Å². The Morgan fingerprint density at radius 2 is 2.14 bits per heavy atom. The van der Waals surface area contributed by atoms with Crippen LogP contribution in [0.1, 0.15) is 65.2 Å². The van der Waals surface area contributed by atoms with Crippen LogP contribution < -0.4 is 0 Å². The molecule has 1 aliphatic heterocycles. The van der Waals surface area contributed by atoms with Gasteiger partial charge in [0, 0.05) is 18.8 Å². The molecule has 0 bridgehead atoms. The molecule has 0 aromatic rings. The van der Waals surface area contributed by atoms with Crippen LogP contribution in [-0.2, 0) is 19.0 Å². The van der Waals surface area contributed by atoms with Crippen molar-refractivity contribution >= 4 is 5.97 Å². The summed E-state index contributed by atoms with van der Waals surface area (Å²) in [7, 11) is 1.47. The van der Waals surface area contributed by atoms with E-state index >= 15 is 0 Å². The minimum absolute atomic E-state index is 0.109. The van der Waals surface area contributed by atoms with E-state index in [1.165, 1.54) is 26.4 Å². The van der Waals surface area contributed by atoms with Crippen molar-refractivity contribution in [1.82, 2.24) is 0 Å². The lowest BCUT2D eigenvalue weighted by atomic mass is 9.85. The van der Waals surface area contributed by atoms with Crippen molar-refractivity contribution in [3.63, 3.8) is 0 Å². The Morgan fingerprint density at radius 1 is 1.33 bits per heavy atom. The highest BCUT2D eigenvalue weighted by Crippen LogP contribution is 2.50. The smallest absolute Gasteiger partial charge is 0.305 e. The fraction of sp³-hybridized carbons (Fsp3) is 0.941. The average Bonchev–Trinajstić information content (AvgIpc) is 3.06. The Hall–Kier alpha value is -0.610. The lowest BCUT2D eigenvalue weighted by Gasteiger charge is -2.32. The molecule has 21 heavy (non-hydrogen) atoms. The fourth-order valence-electron chi connectivity index (χ4n) is 3.85. The van der Waals surface area contributed by atoms with Gasteiger partial charge >= 0.3 is 5.97 Å². The van der Waals surface area contributed by atoms with Crippen molar-refractivity contribution in [3.05, 3.63) is 0 Å². The second-order valence-corrected chi connectivity index (χ2v) is 6.45. The van der Waals surface area contributed by atoms with Gasteiger partial charge in [-0.15, -0.1) is 0 Å². The SMILES string of the molecule is CCCCCC1C(CC(=O)OC)CCC12OCC(CC)O2. The highest BCUT2D eigenvalue weighted by atomic mass is 16.7. The molecule has 2 fully saturated rings. The predicted octanol–water partition coefficient (Wildman–Crippen LogP) is 3.68. The summed E-state index contributed by atoms with van der Waals surface area (Å²) in [5, 5.41) is 0. The maximum Gasteiger partial charge on any atom is 0.305 e. The molecule has 0 aromatic heterocycles. The first-order valence-corrected chi connectivity index (χ1v) is 8.53. The van der Waals surface area contributed by atoms with Crippen LogP contribution in [0.4, 0.5) is 0 Å². The second-order valence-electron chi connectivity index (χ2n) is 6.45. The Labute approximate surface area is 128 Å². The Balaban J connectivity index is 2.04. The first-order chi connectivity index (χ1) is 10.1. The molecule has 4 heteroatoms. The zero-order valence-corrected chi connectivity index (χ0v) is 13.7. The van der Waals surface area contributed by atoms with Crippen LogP contribution in [0.5, 0.6) is 0 Å². The molecule has 2 aliphatic rings. The second kappa shape index (κ2) is 7.59. The van der Waals surface area contributed by atoms with Crippen molar-refractivity contribution in [3.8, 4) is 0 Å². The first kappa shape index (κ1) is 16.8. The lowest BCUT2D eigenvalue weighted by molar-refractivity contribution is -0.198. The largest absolute Gasteiger partial charge is 0.469 e. The van der Waals surface area contributed by atoms with Crippen LogP contribution in [-0.4, -0.2) is 31.6 Å². The first-order valence-electron chi connectivity index (χ1n) is 8.53. The molecule has 2 rings (SSSR count). The summed E-state index contributed by atoms with van der Waals surface area (Å²) in [6.45, 7) is 5.05. The monoisotopic (exact) mass is 298 g/mol. The molecular weight excluding hydrogens is 268 g/mol. The van der Waals surface area contributed by atoms with Crippen LogP contribution in [0.3, 0.4) is 0 Å². The molecule has 0 N–H and O–H groups in total. The number of rotatable bonds is 7. The zero-order chi connectivity index (χ0) is 15.3. The van der Waals surface area contributed by atoms with Gasteiger partial charge in [-0.05, 0) is 25.2 Å². The molecule has 4 atom stereocenters. The predicted molar refractivity (Wildman–Crippen MR) is 80.8 cm³/mol. The van der Waals surface area contributed by atoms with Gasteiger partial charge in [-0.25, -0.2) is 0 Å². The van der Waals surface area contributed by atoms with Gasteiger partial charge in [-0.2, -0.15) is 0 Å². The summed E-state index contributed by atoms with van der Waals surface area (Å²) in [6, 6.07) is 0. The standard InChI is InChI=1S/C17H30O4/c1-4-6-7-8-15-13(11-16(18)19-3)9-10-17(15)20-12-14(5-2)21-17/h13-15H,4-12H2,1-3H3. The van der Waals surface area contributed by atoms with Crippen molar-refractivity contribution in [2.75, 3.05) is 13.7 Å². The van der Waals surface area contributed by atoms with Crippen LogP contribution in [0.15, 0.2) is 0 Å². The number of esters is 1. The summed E-state index contributed by atoms with van der Waals surface area (Å²) in [6.07, 6.45) is 8.34. The van der Waals surface area contributed by atoms with Crippen LogP contribution in [0, 0.1) is 11.8 Å². The molecule has 1 saturated carbocycles. The average molecular weight is 298 g/mol. The van der Waals surface area contributed by atoms with E-state index in [4.69, 9.17) is 14.2 Å². The maximum absolute atomic E-state index is 11.7. The number of carbonyl (C=O) groups excluding carboxylic acids is 1. The van der Waals surface area contributed by atoms with Crippen LogP contribution >= 0.6 is 0 Å². The molecular formula is C17H30O4. The zero-order valence-electron chi connectivity index (χ0n) is 13.7. The number of hydrogen-bond acceptors (Lipinski definition) is 4. The molecule has 1 spiro atoms. The van der Waals surface area contributed by atoms with E-state index < -0.39 is 5.79 Å². The molecule has 0 amide bonds. The third kappa shape index (κ3) is 3.78. The molecule has 1 aliphatic carbocycles. The van der Waals surface area contributed by atoms with Crippen LogP contribution in [0.25, 0.3) is 0 Å². The Kier molecular flexibility index (Phi) is 6.06. The van der Waals surface area contributed by atoms with E-state index in [1.54, 1.807) is 0 Å². The molecule has 122 valence electrons. The Morgan fingerprint density at radius 3 is 2.76 bits per heavy atom. The number of methoxy groups -OCH3 is 1. The topological polar surface area (TPSA) is 44.8 Å². The highest BCUT2D eigenvalue weighted by molar-refractivity contribution is 5.69. The van der Waals surface area contributed by atoms with Gasteiger partial charge < -0.3 is 14.2 Å². The van der Waals surface area contributed by atoms with E-state index in [9.17, 15) is 4.79 Å². The number of ether oxygens (including phenoxy) is 3. The van der Waals surface area contributed by atoms with Gasteiger partial charge in [-0.1, -0.05) is 33.1 Å². The molecule has 1 saturated heterocycles. The normalized spacial score (nSPS) is 35.5. The minimum Gasteiger partial charge on any atom is -0.469 e. The van der Waals surface area contributed by atoms with Crippen LogP contribution in [0.2, 0.25) is 0 Å². The molecule has 0 aromatic carbocycles. The maximum atomic E-state index is 11.7. The lowest BCUT2D eigenvalue weighted by Crippen LogP contribution is -2.38. The van der Waals surface area contributed by atoms with Gasteiger partial charge in [0.2, 0.25) is 0 Å². The molecule has 4 unspecified atom stereocenters. The van der Waals surface area contributed by atoms with Crippen molar-refractivity contribution in [2.45, 2.75) is 77.1 Å². The third-order valence-electron chi connectivity index (χ3n) is 5.11. The molecule has 4 nitrogen and oxygen atoms in total. The van der Waals surface area contributed by atoms with Crippen molar-refractivity contribution in [2.24, 2.45) is 11.8 Å². The van der Waals surface area contributed by atoms with E-state index in [2.05, 4.69) is 13.8 Å². The van der Waals surface area contributed by atoms with Gasteiger partial charge in [0.15, 0.2) is 5.79 Å².